The Morgan fingerprint density at radius 3 is 2.22 bits per heavy atom. The Morgan fingerprint density at radius 2 is 1.52 bits per heavy atom. The van der Waals surface area contributed by atoms with Crippen LogP contribution in [0.2, 0.25) is 0 Å². The molecule has 0 radical (unpaired) electrons. The number of phosphoric ester groups is 1. The average molecular weight is 777 g/mol. The minimum atomic E-state index is -5.46. The zero-order chi connectivity index (χ0) is 36.2. The fourth-order valence-electron chi connectivity index (χ4n) is 5.73. The number of rotatable bonds is 21. The van der Waals surface area contributed by atoms with Crippen molar-refractivity contribution >= 4 is 40.4 Å². The van der Waals surface area contributed by atoms with E-state index in [-0.39, 0.29) is 5.65 Å². The molecule has 6 N–H and O–H groups in total. The highest BCUT2D eigenvalue weighted by Gasteiger charge is 2.49. The Morgan fingerprint density at radius 1 is 0.860 bits per heavy atom. The largest absolute Gasteiger partial charge is 0.519 e. The van der Waals surface area contributed by atoms with E-state index in [2.05, 4.69) is 53.3 Å². The lowest BCUT2D eigenvalue weighted by Crippen LogP contribution is -2.33. The molecule has 0 spiro atoms. The fourth-order valence-corrected chi connectivity index (χ4v) is 9.36. The normalized spacial score (nSPS) is 25.8. The topological polar surface area (TPSA) is 274 Å². The number of imidazole rings is 1. The van der Waals surface area contributed by atoms with E-state index in [1.807, 2.05) is 0 Å². The molecule has 21 nitrogen and oxygen atoms in total. The summed E-state index contributed by atoms with van der Waals surface area (Å²) in [7, 11) is -14.6. The first-order valence-electron chi connectivity index (χ1n) is 16.3. The summed E-state index contributed by atoms with van der Waals surface area (Å²) in [6.07, 6.45) is 10.1. The Hall–Kier alpha value is -1.48. The van der Waals surface area contributed by atoms with E-state index in [1.165, 1.54) is 62.2 Å². The maximum absolute atomic E-state index is 12.6. The molecule has 2 aromatic rings. The number of nitrogens with one attached hydrogen (secondary N) is 2. The van der Waals surface area contributed by atoms with E-state index in [0.717, 1.165) is 46.4 Å². The van der Waals surface area contributed by atoms with E-state index >= 15 is 0 Å². The summed E-state index contributed by atoms with van der Waals surface area (Å²) in [5.74, 6) is 0.472. The molecule has 286 valence electrons. The number of hydrogen-bond acceptors (Lipinski definition) is 18. The van der Waals surface area contributed by atoms with Gasteiger partial charge in [-0.25, -0.2) is 38.4 Å². The third-order valence-corrected chi connectivity index (χ3v) is 12.4. The molecular weight excluding hydrogens is 729 g/mol. The molecular formula is C26H47N6O15P3. The van der Waals surface area contributed by atoms with Gasteiger partial charge in [0.1, 0.15) is 24.6 Å². The highest BCUT2D eigenvalue weighted by atomic mass is 31.3. The third kappa shape index (κ3) is 12.3. The van der Waals surface area contributed by atoms with Gasteiger partial charge in [-0.1, -0.05) is 44.9 Å². The molecule has 2 aliphatic rings. The van der Waals surface area contributed by atoms with Gasteiger partial charge in [-0.15, -0.1) is 9.35 Å². The number of ether oxygens (including phenoxy) is 1. The van der Waals surface area contributed by atoms with Crippen LogP contribution in [0.4, 0.5) is 5.82 Å². The summed E-state index contributed by atoms with van der Waals surface area (Å²) in [6.45, 7) is 0.778. The first kappa shape index (κ1) is 41.3. The van der Waals surface area contributed by atoms with Crippen molar-refractivity contribution in [1.29, 1.82) is 0 Å². The van der Waals surface area contributed by atoms with Crippen LogP contribution in [0.15, 0.2) is 12.7 Å². The van der Waals surface area contributed by atoms with Crippen LogP contribution in [-0.4, -0.2) is 97.8 Å². The summed E-state index contributed by atoms with van der Waals surface area (Å²) < 4.78 is 65.1. The molecule has 3 heterocycles. The molecule has 24 heteroatoms. The first-order chi connectivity index (χ1) is 23.9. The Bertz CT molecular complexity index is 1480. The second kappa shape index (κ2) is 19.6. The number of nitrogens with zero attached hydrogens (tertiary/aromatic N) is 4. The number of aromatic nitrogens is 4. The van der Waals surface area contributed by atoms with Crippen molar-refractivity contribution in [1.82, 2.24) is 24.8 Å². The SMILES string of the molecule is COOP(=O)(O)OP(=O)(OOC)OP(=O)(O)OCC1OC(n2cnc3c(NCCCCCCNC4CCCCCCC4)ncnc32)C(O)C1O. The van der Waals surface area contributed by atoms with Gasteiger partial charge in [0.05, 0.1) is 27.2 Å². The van der Waals surface area contributed by atoms with E-state index in [0.29, 0.717) is 23.9 Å². The van der Waals surface area contributed by atoms with Crippen molar-refractivity contribution in [3.8, 4) is 0 Å². The van der Waals surface area contributed by atoms with Gasteiger partial charge in [-0.3, -0.25) is 9.09 Å². The Kier molecular flexibility index (Phi) is 16.1. The van der Waals surface area contributed by atoms with Crippen molar-refractivity contribution < 1.29 is 70.7 Å². The number of aliphatic hydroxyl groups excluding tert-OH is 2. The molecule has 2 fully saturated rings. The van der Waals surface area contributed by atoms with Crippen molar-refractivity contribution in [2.24, 2.45) is 0 Å². The molecule has 0 amide bonds. The Labute approximate surface area is 289 Å². The summed E-state index contributed by atoms with van der Waals surface area (Å²) in [4.78, 5) is 40.5. The van der Waals surface area contributed by atoms with Crippen LogP contribution in [0.5, 0.6) is 0 Å². The minimum Gasteiger partial charge on any atom is -0.387 e. The maximum atomic E-state index is 12.6. The van der Waals surface area contributed by atoms with Gasteiger partial charge in [0.15, 0.2) is 23.2 Å². The van der Waals surface area contributed by atoms with Crippen LogP contribution in [0.25, 0.3) is 11.2 Å². The van der Waals surface area contributed by atoms with Crippen molar-refractivity contribution in [2.45, 2.75) is 101 Å². The molecule has 7 unspecified atom stereocenters. The van der Waals surface area contributed by atoms with Gasteiger partial charge in [0, 0.05) is 12.6 Å². The second-order valence-electron chi connectivity index (χ2n) is 11.8. The summed E-state index contributed by atoms with van der Waals surface area (Å²) in [6, 6.07) is 0.646. The summed E-state index contributed by atoms with van der Waals surface area (Å²) in [5, 5.41) is 28.4. The standard InChI is InChI=1S/C26H47N6O15P3/c1-40-44-49(37,38)47-50(39,45-41-2)46-48(35,36)42-16-20-22(33)23(34)26(43-20)32-18-31-21-24(29-17-30-25(21)32)28-15-11-7-6-10-14-27-19-12-8-4-3-5-9-13-19/h17-20,22-23,26-27,33-34H,3-16H2,1-2H3,(H,35,36)(H,37,38)(H,28,29,30). The number of fused-ring (bicyclic) bond motifs is 1. The molecule has 7 atom stereocenters. The van der Waals surface area contributed by atoms with E-state index < -0.39 is 54.6 Å². The van der Waals surface area contributed by atoms with Crippen molar-refractivity contribution in [3.05, 3.63) is 12.7 Å². The number of aliphatic hydroxyl groups is 2. The van der Waals surface area contributed by atoms with Crippen LogP contribution < -0.4 is 10.6 Å². The quantitative estimate of drug-likeness (QED) is 0.0457. The lowest BCUT2D eigenvalue weighted by molar-refractivity contribution is -0.207. The zero-order valence-electron chi connectivity index (χ0n) is 27.9. The molecule has 2 aromatic heterocycles. The van der Waals surface area contributed by atoms with E-state index in [1.54, 1.807) is 0 Å². The predicted octanol–water partition coefficient (Wildman–Crippen LogP) is 3.64. The van der Waals surface area contributed by atoms with Crippen molar-refractivity contribution in [2.75, 3.05) is 39.2 Å². The molecule has 1 aliphatic heterocycles. The van der Waals surface area contributed by atoms with Gasteiger partial charge >= 0.3 is 23.5 Å². The number of unbranched alkanes of at least 4 members (excludes halogenated alkanes) is 3. The van der Waals surface area contributed by atoms with Gasteiger partial charge in [-0.2, -0.15) is 8.62 Å². The van der Waals surface area contributed by atoms with Gasteiger partial charge in [0.2, 0.25) is 0 Å². The smallest absolute Gasteiger partial charge is 0.387 e. The molecule has 4 rings (SSSR count). The second-order valence-corrected chi connectivity index (χ2v) is 16.4. The lowest BCUT2D eigenvalue weighted by Gasteiger charge is -2.21. The number of hydrogen-bond donors (Lipinski definition) is 6. The Balaban J connectivity index is 1.26. The fraction of sp³-hybridized carbons (Fsp3) is 0.808. The zero-order valence-corrected chi connectivity index (χ0v) is 30.5. The van der Waals surface area contributed by atoms with Crippen LogP contribution >= 0.6 is 23.5 Å². The molecule has 1 saturated heterocycles. The van der Waals surface area contributed by atoms with Crippen molar-refractivity contribution in [3.63, 3.8) is 0 Å². The number of phosphoric acid groups is 3. The molecule has 50 heavy (non-hydrogen) atoms. The highest BCUT2D eigenvalue weighted by molar-refractivity contribution is 7.67. The summed E-state index contributed by atoms with van der Waals surface area (Å²) >= 11 is 0. The maximum Gasteiger partial charge on any atom is 0.519 e. The third-order valence-electron chi connectivity index (χ3n) is 8.05. The van der Waals surface area contributed by atoms with E-state index in [4.69, 9.17) is 9.26 Å². The van der Waals surface area contributed by atoms with Crippen LogP contribution in [0, 0.1) is 0 Å². The van der Waals surface area contributed by atoms with Gasteiger partial charge in [0.25, 0.3) is 0 Å². The molecule has 1 aliphatic carbocycles. The van der Waals surface area contributed by atoms with Crippen LogP contribution in [-0.2, 0) is 50.7 Å². The lowest BCUT2D eigenvalue weighted by atomic mass is 9.96. The predicted molar refractivity (Wildman–Crippen MR) is 174 cm³/mol. The molecule has 0 bridgehead atoms. The minimum absolute atomic E-state index is 0.276. The van der Waals surface area contributed by atoms with Gasteiger partial charge in [-0.05, 0) is 32.2 Å². The van der Waals surface area contributed by atoms with Gasteiger partial charge < -0.3 is 35.4 Å². The van der Waals surface area contributed by atoms with Crippen LogP contribution in [0.3, 0.4) is 0 Å². The molecule has 0 aromatic carbocycles. The first-order valence-corrected chi connectivity index (χ1v) is 20.8. The highest BCUT2D eigenvalue weighted by Crippen LogP contribution is 2.70. The van der Waals surface area contributed by atoms with Crippen LogP contribution in [0.1, 0.15) is 76.9 Å². The summed E-state index contributed by atoms with van der Waals surface area (Å²) in [5.41, 5.74) is 0.667. The monoisotopic (exact) mass is 776 g/mol. The average Bonchev–Trinajstić information content (AvgIpc) is 3.58. The number of anilines is 1. The van der Waals surface area contributed by atoms with E-state index in [9.17, 15) is 33.7 Å². The molecule has 1 saturated carbocycles.